The van der Waals surface area contributed by atoms with E-state index in [1.807, 2.05) is 0 Å². The number of ether oxygens (including phenoxy) is 1. The van der Waals surface area contributed by atoms with Gasteiger partial charge >= 0.3 is 0 Å². The molecular formula is C13H22N4O3. The molecule has 1 aromatic rings. The van der Waals surface area contributed by atoms with Crippen molar-refractivity contribution in [3.05, 3.63) is 11.7 Å². The van der Waals surface area contributed by atoms with Gasteiger partial charge in [-0.25, -0.2) is 0 Å². The van der Waals surface area contributed by atoms with Crippen LogP contribution in [-0.2, 0) is 10.3 Å². The molecule has 2 aliphatic rings. The van der Waals surface area contributed by atoms with E-state index in [4.69, 9.17) is 9.26 Å². The molecule has 2 fully saturated rings. The standard InChI is InChI=1S/C13H22N4O3/c1-2-17-6-7-19-10(8-17)11-15-12(20-16-11)13(18)4-3-5-14-9-13/h10,14,18H,2-9H2,1H3. The van der Waals surface area contributed by atoms with Crippen molar-refractivity contribution >= 4 is 0 Å². The molecule has 20 heavy (non-hydrogen) atoms. The minimum absolute atomic E-state index is 0.165. The van der Waals surface area contributed by atoms with Crippen LogP contribution in [0, 0.1) is 0 Å². The molecule has 0 spiro atoms. The van der Waals surface area contributed by atoms with Crippen LogP contribution in [0.15, 0.2) is 4.52 Å². The predicted octanol–water partition coefficient (Wildman–Crippen LogP) is 0.0338. The minimum Gasteiger partial charge on any atom is -0.379 e. The van der Waals surface area contributed by atoms with Crippen LogP contribution in [0.4, 0.5) is 0 Å². The fraction of sp³-hybridized carbons (Fsp3) is 0.846. The van der Waals surface area contributed by atoms with Crippen LogP contribution >= 0.6 is 0 Å². The van der Waals surface area contributed by atoms with Crippen molar-refractivity contribution in [3.8, 4) is 0 Å². The molecule has 7 nitrogen and oxygen atoms in total. The average molecular weight is 282 g/mol. The highest BCUT2D eigenvalue weighted by atomic mass is 16.5. The summed E-state index contributed by atoms with van der Waals surface area (Å²) in [6, 6.07) is 0. The summed E-state index contributed by atoms with van der Waals surface area (Å²) in [7, 11) is 0. The second kappa shape index (κ2) is 5.77. The first-order valence-electron chi connectivity index (χ1n) is 7.32. The van der Waals surface area contributed by atoms with Crippen LogP contribution in [0.1, 0.15) is 37.6 Å². The highest BCUT2D eigenvalue weighted by Gasteiger charge is 2.38. The fourth-order valence-electron chi connectivity index (χ4n) is 2.77. The highest BCUT2D eigenvalue weighted by Crippen LogP contribution is 2.28. The van der Waals surface area contributed by atoms with E-state index in [-0.39, 0.29) is 6.10 Å². The lowest BCUT2D eigenvalue weighted by atomic mass is 9.94. The largest absolute Gasteiger partial charge is 0.379 e. The second-order valence-corrected chi connectivity index (χ2v) is 5.52. The molecular weight excluding hydrogens is 260 g/mol. The lowest BCUT2D eigenvalue weighted by Gasteiger charge is -2.30. The average Bonchev–Trinajstić information content (AvgIpc) is 2.99. The molecule has 2 atom stereocenters. The number of likely N-dealkylation sites (N-methyl/N-ethyl adjacent to an activating group) is 1. The zero-order valence-electron chi connectivity index (χ0n) is 11.8. The first-order chi connectivity index (χ1) is 9.71. The van der Waals surface area contributed by atoms with Crippen molar-refractivity contribution < 1.29 is 14.4 Å². The Morgan fingerprint density at radius 1 is 1.55 bits per heavy atom. The van der Waals surface area contributed by atoms with E-state index in [0.29, 0.717) is 31.3 Å². The molecule has 2 saturated heterocycles. The lowest BCUT2D eigenvalue weighted by Crippen LogP contribution is -2.43. The van der Waals surface area contributed by atoms with Crippen molar-refractivity contribution in [2.45, 2.75) is 31.5 Å². The van der Waals surface area contributed by atoms with Crippen molar-refractivity contribution in [1.82, 2.24) is 20.4 Å². The molecule has 2 unspecified atom stereocenters. The molecule has 2 aliphatic heterocycles. The van der Waals surface area contributed by atoms with Crippen LogP contribution in [0.5, 0.6) is 0 Å². The molecule has 1 aromatic heterocycles. The Balaban J connectivity index is 1.73. The van der Waals surface area contributed by atoms with Crippen LogP contribution < -0.4 is 5.32 Å². The van der Waals surface area contributed by atoms with E-state index < -0.39 is 5.60 Å². The number of morpholine rings is 1. The highest BCUT2D eigenvalue weighted by molar-refractivity contribution is 5.04. The predicted molar refractivity (Wildman–Crippen MR) is 71.1 cm³/mol. The fourth-order valence-corrected chi connectivity index (χ4v) is 2.77. The number of nitrogens with zero attached hydrogens (tertiary/aromatic N) is 3. The van der Waals surface area contributed by atoms with E-state index in [1.54, 1.807) is 0 Å². The van der Waals surface area contributed by atoms with Crippen molar-refractivity contribution in [1.29, 1.82) is 0 Å². The zero-order valence-corrected chi connectivity index (χ0v) is 11.8. The molecule has 2 N–H and O–H groups in total. The van der Waals surface area contributed by atoms with Crippen LogP contribution in [0.3, 0.4) is 0 Å². The van der Waals surface area contributed by atoms with E-state index >= 15 is 0 Å². The summed E-state index contributed by atoms with van der Waals surface area (Å²) < 4.78 is 11.0. The summed E-state index contributed by atoms with van der Waals surface area (Å²) in [5, 5.41) is 17.7. The number of hydrogen-bond donors (Lipinski definition) is 2. The van der Waals surface area contributed by atoms with Crippen molar-refractivity contribution in [2.75, 3.05) is 39.3 Å². The summed E-state index contributed by atoms with van der Waals surface area (Å²) in [4.78, 5) is 6.67. The molecule has 7 heteroatoms. The third-order valence-corrected chi connectivity index (χ3v) is 4.09. The SMILES string of the molecule is CCN1CCOC(c2noc(C3(O)CCCNC3)n2)C1. The molecule has 0 amide bonds. The first kappa shape index (κ1) is 13.9. The van der Waals surface area contributed by atoms with Gasteiger partial charge in [-0.1, -0.05) is 12.1 Å². The number of piperidine rings is 1. The number of nitrogens with one attached hydrogen (secondary N) is 1. The number of hydrogen-bond acceptors (Lipinski definition) is 7. The topological polar surface area (TPSA) is 83.7 Å². The van der Waals surface area contributed by atoms with Crippen LogP contribution in [0.2, 0.25) is 0 Å². The third-order valence-electron chi connectivity index (χ3n) is 4.09. The first-order valence-corrected chi connectivity index (χ1v) is 7.32. The van der Waals surface area contributed by atoms with E-state index in [9.17, 15) is 5.11 Å². The molecule has 112 valence electrons. The van der Waals surface area contributed by atoms with Gasteiger partial charge in [0.2, 0.25) is 5.82 Å². The zero-order chi connectivity index (χ0) is 14.0. The summed E-state index contributed by atoms with van der Waals surface area (Å²) in [6.07, 6.45) is 1.38. The molecule has 3 rings (SSSR count). The molecule has 0 radical (unpaired) electrons. The van der Waals surface area contributed by atoms with Gasteiger partial charge in [-0.2, -0.15) is 4.98 Å². The minimum atomic E-state index is -1.04. The van der Waals surface area contributed by atoms with E-state index in [2.05, 4.69) is 27.3 Å². The Bertz CT molecular complexity index is 445. The maximum Gasteiger partial charge on any atom is 0.260 e. The number of aliphatic hydroxyl groups is 1. The monoisotopic (exact) mass is 282 g/mol. The Morgan fingerprint density at radius 3 is 3.20 bits per heavy atom. The van der Waals surface area contributed by atoms with Gasteiger partial charge in [0.1, 0.15) is 6.10 Å². The van der Waals surface area contributed by atoms with Gasteiger partial charge in [0.25, 0.3) is 5.89 Å². The molecule has 0 aliphatic carbocycles. The summed E-state index contributed by atoms with van der Waals surface area (Å²) >= 11 is 0. The van der Waals surface area contributed by atoms with Gasteiger partial charge < -0.3 is 19.7 Å². The van der Waals surface area contributed by atoms with E-state index in [1.165, 1.54) is 0 Å². The quantitative estimate of drug-likeness (QED) is 0.809. The van der Waals surface area contributed by atoms with Gasteiger partial charge in [0.15, 0.2) is 5.60 Å². The van der Waals surface area contributed by atoms with Gasteiger partial charge in [0.05, 0.1) is 6.61 Å². The normalized spacial score (nSPS) is 32.4. The molecule has 0 saturated carbocycles. The number of aromatic nitrogens is 2. The Hall–Kier alpha value is -1.02. The Morgan fingerprint density at radius 2 is 2.45 bits per heavy atom. The smallest absolute Gasteiger partial charge is 0.260 e. The number of β-amino-alcohol motifs (C(OH)–C–C–N with tert-alkyl or cyclic N) is 1. The Kier molecular flexibility index (Phi) is 4.02. The molecule has 0 bridgehead atoms. The van der Waals surface area contributed by atoms with Crippen LogP contribution in [-0.4, -0.2) is 59.5 Å². The summed E-state index contributed by atoms with van der Waals surface area (Å²) in [5.74, 6) is 0.842. The van der Waals surface area contributed by atoms with Crippen LogP contribution in [0.25, 0.3) is 0 Å². The number of rotatable bonds is 3. The van der Waals surface area contributed by atoms with Gasteiger partial charge in [0, 0.05) is 19.6 Å². The maximum atomic E-state index is 10.5. The Labute approximate surface area is 118 Å². The third kappa shape index (κ3) is 2.71. The van der Waals surface area contributed by atoms with Crippen molar-refractivity contribution in [2.24, 2.45) is 0 Å². The maximum absolute atomic E-state index is 10.5. The molecule has 0 aromatic carbocycles. The van der Waals surface area contributed by atoms with Gasteiger partial charge in [-0.05, 0) is 25.9 Å². The van der Waals surface area contributed by atoms with Gasteiger partial charge in [-0.15, -0.1) is 0 Å². The van der Waals surface area contributed by atoms with E-state index in [0.717, 1.165) is 32.6 Å². The lowest BCUT2D eigenvalue weighted by molar-refractivity contribution is -0.0334. The van der Waals surface area contributed by atoms with Gasteiger partial charge in [-0.3, -0.25) is 4.90 Å². The molecule has 3 heterocycles. The summed E-state index contributed by atoms with van der Waals surface area (Å²) in [5.41, 5.74) is -1.04. The second-order valence-electron chi connectivity index (χ2n) is 5.52. The van der Waals surface area contributed by atoms with Crippen molar-refractivity contribution in [3.63, 3.8) is 0 Å². The summed E-state index contributed by atoms with van der Waals surface area (Å²) in [6.45, 7) is 6.87.